The molecule has 1 aromatic carbocycles. The van der Waals surface area contributed by atoms with Gasteiger partial charge in [-0.2, -0.15) is 0 Å². The maximum atomic E-state index is 13.9. The van der Waals surface area contributed by atoms with Crippen molar-refractivity contribution in [1.29, 1.82) is 0 Å². The second kappa shape index (κ2) is 7.30. The second-order valence-electron chi connectivity index (χ2n) is 7.89. The molecule has 0 saturated carbocycles. The Morgan fingerprint density at radius 2 is 2.04 bits per heavy atom. The second-order valence-corrected chi connectivity index (χ2v) is 7.89. The van der Waals surface area contributed by atoms with Crippen LogP contribution in [0.3, 0.4) is 0 Å². The highest BCUT2D eigenvalue weighted by Gasteiger charge is 2.31. The fourth-order valence-electron chi connectivity index (χ4n) is 3.89. The third-order valence-corrected chi connectivity index (χ3v) is 5.31. The van der Waals surface area contributed by atoms with Gasteiger partial charge < -0.3 is 19.9 Å². The summed E-state index contributed by atoms with van der Waals surface area (Å²) < 4.78 is 19.9. The van der Waals surface area contributed by atoms with Gasteiger partial charge in [0.1, 0.15) is 11.4 Å². The molecule has 2 amide bonds. The SMILES string of the molecule is CC1(C)Cc2c(CNC(=O)N3CCN(c4ccncc4F)CC3)cccc2O1. The van der Waals surface area contributed by atoms with E-state index in [0.717, 1.165) is 17.7 Å². The minimum absolute atomic E-state index is 0.0920. The summed E-state index contributed by atoms with van der Waals surface area (Å²) in [6.07, 6.45) is 3.64. The summed E-state index contributed by atoms with van der Waals surface area (Å²) in [6.45, 7) is 6.91. The predicted molar refractivity (Wildman–Crippen MR) is 105 cm³/mol. The number of hydrogen-bond donors (Lipinski definition) is 1. The molecular weight excluding hydrogens is 359 g/mol. The highest BCUT2D eigenvalue weighted by Crippen LogP contribution is 2.36. The van der Waals surface area contributed by atoms with Crippen LogP contribution in [0.5, 0.6) is 5.75 Å². The van der Waals surface area contributed by atoms with Crippen LogP contribution in [0.2, 0.25) is 0 Å². The largest absolute Gasteiger partial charge is 0.487 e. The molecule has 1 N–H and O–H groups in total. The van der Waals surface area contributed by atoms with Gasteiger partial charge in [0.2, 0.25) is 0 Å². The fraction of sp³-hybridized carbons (Fsp3) is 0.429. The van der Waals surface area contributed by atoms with Gasteiger partial charge in [-0.25, -0.2) is 9.18 Å². The lowest BCUT2D eigenvalue weighted by molar-refractivity contribution is 0.138. The molecule has 7 heteroatoms. The molecule has 2 aromatic rings. The molecule has 1 aromatic heterocycles. The van der Waals surface area contributed by atoms with Crippen LogP contribution < -0.4 is 15.0 Å². The number of anilines is 1. The molecule has 4 rings (SSSR count). The lowest BCUT2D eigenvalue weighted by atomic mass is 9.97. The number of hydrogen-bond acceptors (Lipinski definition) is 4. The Bertz CT molecular complexity index is 878. The highest BCUT2D eigenvalue weighted by molar-refractivity contribution is 5.74. The number of rotatable bonds is 3. The molecule has 0 unspecified atom stereocenters. The number of pyridine rings is 1. The molecule has 2 aliphatic heterocycles. The monoisotopic (exact) mass is 384 g/mol. The fourth-order valence-corrected chi connectivity index (χ4v) is 3.89. The number of benzene rings is 1. The standard InChI is InChI=1S/C21H25FN4O2/c1-21(2)12-16-15(4-3-5-19(16)28-21)13-24-20(27)26-10-8-25(9-11-26)18-6-7-23-14-17(18)22/h3-7,14H,8-13H2,1-2H3,(H,24,27). The zero-order valence-corrected chi connectivity index (χ0v) is 16.2. The molecule has 3 heterocycles. The normalized spacial score (nSPS) is 17.8. The minimum atomic E-state index is -0.330. The van der Waals surface area contributed by atoms with Crippen molar-refractivity contribution in [2.24, 2.45) is 0 Å². The molecule has 2 aliphatic rings. The number of urea groups is 1. The van der Waals surface area contributed by atoms with Crippen molar-refractivity contribution >= 4 is 11.7 Å². The van der Waals surface area contributed by atoms with Gasteiger partial charge in [0, 0.05) is 50.9 Å². The summed E-state index contributed by atoms with van der Waals surface area (Å²) in [4.78, 5) is 20.1. The molecule has 0 radical (unpaired) electrons. The Kier molecular flexibility index (Phi) is 4.83. The quantitative estimate of drug-likeness (QED) is 0.884. The van der Waals surface area contributed by atoms with Crippen molar-refractivity contribution in [2.45, 2.75) is 32.4 Å². The molecule has 6 nitrogen and oxygen atoms in total. The highest BCUT2D eigenvalue weighted by atomic mass is 19.1. The van der Waals surface area contributed by atoms with Gasteiger partial charge in [-0.1, -0.05) is 12.1 Å². The number of nitrogens with zero attached hydrogens (tertiary/aromatic N) is 3. The van der Waals surface area contributed by atoms with Crippen molar-refractivity contribution < 1.29 is 13.9 Å². The van der Waals surface area contributed by atoms with Crippen LogP contribution in [0.25, 0.3) is 0 Å². The Labute approximate surface area is 164 Å². The zero-order chi connectivity index (χ0) is 19.7. The van der Waals surface area contributed by atoms with Crippen LogP contribution in [0, 0.1) is 5.82 Å². The van der Waals surface area contributed by atoms with Gasteiger partial charge in [-0.05, 0) is 31.5 Å². The smallest absolute Gasteiger partial charge is 0.317 e. The van der Waals surface area contributed by atoms with Crippen LogP contribution in [0.1, 0.15) is 25.0 Å². The summed E-state index contributed by atoms with van der Waals surface area (Å²) in [7, 11) is 0. The van der Waals surface area contributed by atoms with Gasteiger partial charge >= 0.3 is 6.03 Å². The van der Waals surface area contributed by atoms with Crippen LogP contribution in [0.4, 0.5) is 14.9 Å². The molecule has 1 saturated heterocycles. The molecule has 1 fully saturated rings. The Morgan fingerprint density at radius 1 is 1.25 bits per heavy atom. The molecule has 0 atom stereocenters. The molecule has 148 valence electrons. The van der Waals surface area contributed by atoms with Crippen molar-refractivity contribution in [2.75, 3.05) is 31.1 Å². The number of halogens is 1. The first kappa shape index (κ1) is 18.5. The maximum Gasteiger partial charge on any atom is 0.317 e. The zero-order valence-electron chi connectivity index (χ0n) is 16.2. The number of piperazine rings is 1. The molecule has 0 aliphatic carbocycles. The van der Waals surface area contributed by atoms with Crippen molar-refractivity contribution in [1.82, 2.24) is 15.2 Å². The first-order valence-electron chi connectivity index (χ1n) is 9.60. The van der Waals surface area contributed by atoms with E-state index in [-0.39, 0.29) is 17.4 Å². The first-order chi connectivity index (χ1) is 13.4. The van der Waals surface area contributed by atoms with Crippen molar-refractivity contribution in [3.8, 4) is 5.75 Å². The first-order valence-corrected chi connectivity index (χ1v) is 9.60. The summed E-state index contributed by atoms with van der Waals surface area (Å²) in [5.41, 5.74) is 2.60. The maximum absolute atomic E-state index is 13.9. The Morgan fingerprint density at radius 3 is 2.79 bits per heavy atom. The third-order valence-electron chi connectivity index (χ3n) is 5.31. The van der Waals surface area contributed by atoms with Gasteiger partial charge in [0.15, 0.2) is 5.82 Å². The summed E-state index contributed by atoms with van der Waals surface area (Å²) in [6, 6.07) is 7.56. The lowest BCUT2D eigenvalue weighted by Crippen LogP contribution is -2.52. The number of carbonyl (C=O) groups excluding carboxylic acids is 1. The van der Waals surface area contributed by atoms with Crippen molar-refractivity contribution in [3.05, 3.63) is 53.6 Å². The van der Waals surface area contributed by atoms with E-state index in [4.69, 9.17) is 4.74 Å². The third kappa shape index (κ3) is 3.74. The number of amides is 2. The van der Waals surface area contributed by atoms with E-state index < -0.39 is 0 Å². The van der Waals surface area contributed by atoms with E-state index in [1.54, 1.807) is 17.2 Å². The number of nitrogens with one attached hydrogen (secondary N) is 1. The van der Waals surface area contributed by atoms with Gasteiger partial charge in [0.25, 0.3) is 0 Å². The van der Waals surface area contributed by atoms with E-state index in [2.05, 4.69) is 24.1 Å². The summed E-state index contributed by atoms with van der Waals surface area (Å²) in [5.74, 6) is 0.577. The average Bonchev–Trinajstić information content (AvgIpc) is 3.01. The summed E-state index contributed by atoms with van der Waals surface area (Å²) >= 11 is 0. The van der Waals surface area contributed by atoms with Crippen molar-refractivity contribution in [3.63, 3.8) is 0 Å². The van der Waals surface area contributed by atoms with E-state index in [1.165, 1.54) is 11.8 Å². The van der Waals surface area contributed by atoms with Crippen LogP contribution in [-0.2, 0) is 13.0 Å². The van der Waals surface area contributed by atoms with E-state index in [0.29, 0.717) is 38.4 Å². The van der Waals surface area contributed by atoms with Crippen LogP contribution >= 0.6 is 0 Å². The van der Waals surface area contributed by atoms with E-state index in [1.807, 2.05) is 23.1 Å². The number of carbonyl (C=O) groups is 1. The van der Waals surface area contributed by atoms with E-state index in [9.17, 15) is 9.18 Å². The molecular formula is C21H25FN4O2. The van der Waals surface area contributed by atoms with Gasteiger partial charge in [-0.15, -0.1) is 0 Å². The number of fused-ring (bicyclic) bond motifs is 1. The Hall–Kier alpha value is -2.83. The molecule has 0 spiro atoms. The van der Waals surface area contributed by atoms with Gasteiger partial charge in [-0.3, -0.25) is 4.98 Å². The average molecular weight is 384 g/mol. The van der Waals surface area contributed by atoms with Crippen LogP contribution in [-0.4, -0.2) is 47.7 Å². The lowest BCUT2D eigenvalue weighted by Gasteiger charge is -2.36. The predicted octanol–water partition coefficient (Wildman–Crippen LogP) is 2.97. The Balaban J connectivity index is 1.33. The molecule has 28 heavy (non-hydrogen) atoms. The minimum Gasteiger partial charge on any atom is -0.487 e. The topological polar surface area (TPSA) is 57.7 Å². The van der Waals surface area contributed by atoms with Crippen LogP contribution in [0.15, 0.2) is 36.7 Å². The summed E-state index contributed by atoms with van der Waals surface area (Å²) in [5, 5.41) is 3.02. The van der Waals surface area contributed by atoms with E-state index >= 15 is 0 Å². The number of ether oxygens (including phenoxy) is 1. The number of aromatic nitrogens is 1. The molecule has 0 bridgehead atoms. The van der Waals surface area contributed by atoms with Gasteiger partial charge in [0.05, 0.1) is 11.9 Å².